The minimum absolute atomic E-state index is 0.0605. The molecule has 2 aromatic carbocycles. The molecule has 4 aromatic rings. The van der Waals surface area contributed by atoms with Gasteiger partial charge in [0.25, 0.3) is 5.91 Å². The SMILES string of the molecule is COC(=O)c1cc2ccccc2cc1NC(=O)c1cc(-c2ccco2)on1. The molecule has 4 rings (SSSR count). The lowest BCUT2D eigenvalue weighted by atomic mass is 10.0. The fourth-order valence-corrected chi connectivity index (χ4v) is 2.73. The van der Waals surface area contributed by atoms with Crippen LogP contribution in [0.25, 0.3) is 22.3 Å². The number of anilines is 1. The molecule has 1 N–H and O–H groups in total. The molecule has 0 aliphatic rings. The second-order valence-corrected chi connectivity index (χ2v) is 5.74. The second kappa shape index (κ2) is 6.80. The Balaban J connectivity index is 1.68. The quantitative estimate of drug-likeness (QED) is 0.549. The number of furan rings is 1. The van der Waals surface area contributed by atoms with E-state index in [1.807, 2.05) is 24.3 Å². The average Bonchev–Trinajstić information content (AvgIpc) is 3.38. The van der Waals surface area contributed by atoms with Crippen LogP contribution in [0.15, 0.2) is 69.8 Å². The lowest BCUT2D eigenvalue weighted by Crippen LogP contribution is -2.15. The van der Waals surface area contributed by atoms with Gasteiger partial charge in [-0.05, 0) is 35.0 Å². The zero-order chi connectivity index (χ0) is 18.8. The van der Waals surface area contributed by atoms with Crippen LogP contribution in [0.4, 0.5) is 5.69 Å². The predicted molar refractivity (Wildman–Crippen MR) is 97.4 cm³/mol. The molecule has 7 nitrogen and oxygen atoms in total. The molecule has 0 atom stereocenters. The highest BCUT2D eigenvalue weighted by Crippen LogP contribution is 2.26. The normalized spacial score (nSPS) is 10.7. The van der Waals surface area contributed by atoms with Crippen LogP contribution in [0, 0.1) is 0 Å². The summed E-state index contributed by atoms with van der Waals surface area (Å²) in [5, 5.41) is 8.19. The van der Waals surface area contributed by atoms with Gasteiger partial charge in [0.05, 0.1) is 24.6 Å². The summed E-state index contributed by atoms with van der Waals surface area (Å²) < 4.78 is 15.2. The number of amides is 1. The highest BCUT2D eigenvalue weighted by molar-refractivity contribution is 6.09. The zero-order valence-corrected chi connectivity index (χ0v) is 14.3. The van der Waals surface area contributed by atoms with Crippen molar-refractivity contribution in [3.63, 3.8) is 0 Å². The molecule has 0 saturated carbocycles. The number of aromatic nitrogens is 1. The zero-order valence-electron chi connectivity index (χ0n) is 14.3. The summed E-state index contributed by atoms with van der Waals surface area (Å²) in [5.41, 5.74) is 0.637. The number of hydrogen-bond acceptors (Lipinski definition) is 6. The van der Waals surface area contributed by atoms with Crippen LogP contribution in [0.2, 0.25) is 0 Å². The van der Waals surface area contributed by atoms with Gasteiger partial charge in [-0.15, -0.1) is 0 Å². The molecule has 134 valence electrons. The molecular weight excluding hydrogens is 348 g/mol. The summed E-state index contributed by atoms with van der Waals surface area (Å²) in [7, 11) is 1.29. The Kier molecular flexibility index (Phi) is 4.18. The number of nitrogens with zero attached hydrogens (tertiary/aromatic N) is 1. The summed E-state index contributed by atoms with van der Waals surface area (Å²) in [4.78, 5) is 24.7. The molecule has 0 bridgehead atoms. The van der Waals surface area contributed by atoms with Gasteiger partial charge in [0.15, 0.2) is 11.5 Å². The number of carbonyl (C=O) groups excluding carboxylic acids is 2. The van der Waals surface area contributed by atoms with Crippen molar-refractivity contribution in [1.29, 1.82) is 0 Å². The van der Waals surface area contributed by atoms with E-state index in [1.54, 1.807) is 24.3 Å². The maximum Gasteiger partial charge on any atom is 0.339 e. The van der Waals surface area contributed by atoms with Crippen molar-refractivity contribution in [1.82, 2.24) is 5.16 Å². The van der Waals surface area contributed by atoms with Crippen molar-refractivity contribution < 1.29 is 23.3 Å². The van der Waals surface area contributed by atoms with Gasteiger partial charge in [-0.25, -0.2) is 4.79 Å². The molecule has 0 unspecified atom stereocenters. The molecule has 0 radical (unpaired) electrons. The Bertz CT molecular complexity index is 1130. The Morgan fingerprint density at radius 3 is 2.48 bits per heavy atom. The van der Waals surface area contributed by atoms with Gasteiger partial charge in [-0.2, -0.15) is 0 Å². The minimum Gasteiger partial charge on any atom is -0.465 e. The standard InChI is InChI=1S/C20H14N2O5/c1-25-20(24)14-9-12-5-2-3-6-13(12)10-15(14)21-19(23)16-11-18(27-22-16)17-7-4-8-26-17/h2-11H,1H3,(H,21,23). The smallest absolute Gasteiger partial charge is 0.339 e. The third-order valence-corrected chi connectivity index (χ3v) is 4.05. The fraction of sp³-hybridized carbons (Fsp3) is 0.0500. The van der Waals surface area contributed by atoms with Crippen LogP contribution < -0.4 is 5.32 Å². The summed E-state index contributed by atoms with van der Waals surface area (Å²) in [6, 6.07) is 15.8. The fourth-order valence-electron chi connectivity index (χ4n) is 2.73. The van der Waals surface area contributed by atoms with Gasteiger partial charge in [0.2, 0.25) is 5.76 Å². The van der Waals surface area contributed by atoms with Crippen LogP contribution >= 0.6 is 0 Å². The minimum atomic E-state index is -0.549. The van der Waals surface area contributed by atoms with Crippen molar-refractivity contribution >= 4 is 28.3 Å². The van der Waals surface area contributed by atoms with E-state index in [0.29, 0.717) is 17.2 Å². The summed E-state index contributed by atoms with van der Waals surface area (Å²) in [6.07, 6.45) is 1.50. The van der Waals surface area contributed by atoms with Gasteiger partial charge in [-0.3, -0.25) is 4.79 Å². The van der Waals surface area contributed by atoms with E-state index in [1.165, 1.54) is 19.4 Å². The number of carbonyl (C=O) groups is 2. The third kappa shape index (κ3) is 3.18. The predicted octanol–water partition coefficient (Wildman–Crippen LogP) is 4.13. The van der Waals surface area contributed by atoms with Crippen molar-refractivity contribution in [3.8, 4) is 11.5 Å². The van der Waals surface area contributed by atoms with Crippen molar-refractivity contribution in [3.05, 3.63) is 72.1 Å². The lowest BCUT2D eigenvalue weighted by molar-refractivity contribution is 0.0602. The molecule has 27 heavy (non-hydrogen) atoms. The van der Waals surface area contributed by atoms with Crippen LogP contribution in [0.1, 0.15) is 20.8 Å². The van der Waals surface area contributed by atoms with Gasteiger partial charge in [-0.1, -0.05) is 29.4 Å². The Morgan fingerprint density at radius 2 is 1.78 bits per heavy atom. The number of nitrogens with one attached hydrogen (secondary N) is 1. The van der Waals surface area contributed by atoms with Gasteiger partial charge in [0, 0.05) is 6.07 Å². The first-order valence-corrected chi connectivity index (χ1v) is 8.09. The molecule has 2 aromatic heterocycles. The molecule has 7 heteroatoms. The number of hydrogen-bond donors (Lipinski definition) is 1. The molecule has 1 amide bonds. The first-order valence-electron chi connectivity index (χ1n) is 8.09. The van der Waals surface area contributed by atoms with E-state index in [-0.39, 0.29) is 11.3 Å². The Hall–Kier alpha value is -3.87. The number of rotatable bonds is 4. The highest BCUT2D eigenvalue weighted by atomic mass is 16.5. The monoisotopic (exact) mass is 362 g/mol. The summed E-state index contributed by atoms with van der Waals surface area (Å²) in [5.74, 6) is -0.274. The topological polar surface area (TPSA) is 94.6 Å². The molecule has 2 heterocycles. The number of esters is 1. The molecule has 0 aliphatic carbocycles. The number of methoxy groups -OCH3 is 1. The number of fused-ring (bicyclic) bond motifs is 1. The first kappa shape index (κ1) is 16.6. The third-order valence-electron chi connectivity index (χ3n) is 4.05. The van der Waals surface area contributed by atoms with Crippen molar-refractivity contribution in [2.75, 3.05) is 12.4 Å². The van der Waals surface area contributed by atoms with E-state index in [2.05, 4.69) is 10.5 Å². The van der Waals surface area contributed by atoms with Crippen LogP contribution in [0.5, 0.6) is 0 Å². The molecular formula is C20H14N2O5. The van der Waals surface area contributed by atoms with Gasteiger partial charge in [0.1, 0.15) is 0 Å². The lowest BCUT2D eigenvalue weighted by Gasteiger charge is -2.10. The van der Waals surface area contributed by atoms with Crippen molar-refractivity contribution in [2.24, 2.45) is 0 Å². The molecule has 0 saturated heterocycles. The highest BCUT2D eigenvalue weighted by Gasteiger charge is 2.19. The van der Waals surface area contributed by atoms with Gasteiger partial charge < -0.3 is 19.0 Å². The van der Waals surface area contributed by atoms with E-state index < -0.39 is 11.9 Å². The van der Waals surface area contributed by atoms with E-state index in [0.717, 1.165) is 10.8 Å². The summed E-state index contributed by atoms with van der Waals surface area (Å²) >= 11 is 0. The summed E-state index contributed by atoms with van der Waals surface area (Å²) in [6.45, 7) is 0. The van der Waals surface area contributed by atoms with E-state index in [9.17, 15) is 9.59 Å². The van der Waals surface area contributed by atoms with Crippen LogP contribution in [-0.4, -0.2) is 24.1 Å². The Labute approximate surface area is 153 Å². The molecule has 0 fully saturated rings. The molecule has 0 aliphatic heterocycles. The van der Waals surface area contributed by atoms with Crippen LogP contribution in [-0.2, 0) is 4.74 Å². The van der Waals surface area contributed by atoms with Crippen molar-refractivity contribution in [2.45, 2.75) is 0 Å². The molecule has 0 spiro atoms. The second-order valence-electron chi connectivity index (χ2n) is 5.74. The van der Waals surface area contributed by atoms with E-state index >= 15 is 0 Å². The Morgan fingerprint density at radius 1 is 1.00 bits per heavy atom. The van der Waals surface area contributed by atoms with Gasteiger partial charge >= 0.3 is 5.97 Å². The number of ether oxygens (including phenoxy) is 1. The first-order chi connectivity index (χ1) is 13.2. The maximum absolute atomic E-state index is 12.6. The van der Waals surface area contributed by atoms with Crippen LogP contribution in [0.3, 0.4) is 0 Å². The number of benzene rings is 2. The average molecular weight is 362 g/mol. The maximum atomic E-state index is 12.6. The van der Waals surface area contributed by atoms with E-state index in [4.69, 9.17) is 13.7 Å². The largest absolute Gasteiger partial charge is 0.465 e.